The van der Waals surface area contributed by atoms with E-state index >= 15 is 0 Å². The molecule has 1 aromatic rings. The highest BCUT2D eigenvalue weighted by molar-refractivity contribution is 6.31. The molecule has 0 aromatic heterocycles. The molecule has 0 aliphatic carbocycles. The number of anilines is 1. The molecule has 0 saturated heterocycles. The molecule has 0 bridgehead atoms. The summed E-state index contributed by atoms with van der Waals surface area (Å²) in [6.45, 7) is 5.57. The van der Waals surface area contributed by atoms with Gasteiger partial charge in [0.25, 0.3) is 0 Å². The highest BCUT2D eigenvalue weighted by Gasteiger charge is 2.08. The fourth-order valence-electron chi connectivity index (χ4n) is 1.43. The molecule has 0 spiro atoms. The first-order valence-corrected chi connectivity index (χ1v) is 6.67. The average molecular weight is 286 g/mol. The van der Waals surface area contributed by atoms with E-state index < -0.39 is 5.97 Å². The van der Waals surface area contributed by atoms with Gasteiger partial charge in [-0.05, 0) is 30.5 Å². The molecule has 0 aliphatic heterocycles. The maximum Gasteiger partial charge on any atom is 0.338 e. The van der Waals surface area contributed by atoms with Crippen LogP contribution < -0.4 is 5.73 Å². The number of rotatable bonds is 7. The summed E-state index contributed by atoms with van der Waals surface area (Å²) in [5.41, 5.74) is 6.39. The Morgan fingerprint density at radius 3 is 2.63 bits per heavy atom. The number of carbonyl (C=O) groups is 1. The van der Waals surface area contributed by atoms with E-state index in [9.17, 15) is 4.79 Å². The van der Waals surface area contributed by atoms with Gasteiger partial charge in [-0.1, -0.05) is 25.4 Å². The van der Waals surface area contributed by atoms with E-state index in [2.05, 4.69) is 13.8 Å². The first kappa shape index (κ1) is 15.8. The van der Waals surface area contributed by atoms with Crippen LogP contribution in [-0.4, -0.2) is 25.8 Å². The first-order valence-electron chi connectivity index (χ1n) is 6.30. The third kappa shape index (κ3) is 6.45. The summed E-state index contributed by atoms with van der Waals surface area (Å²) in [6, 6.07) is 4.64. The van der Waals surface area contributed by atoms with E-state index in [1.165, 1.54) is 12.1 Å². The van der Waals surface area contributed by atoms with Gasteiger partial charge in [-0.2, -0.15) is 0 Å². The van der Waals surface area contributed by atoms with Crippen LogP contribution in [0, 0.1) is 5.92 Å². The normalized spacial score (nSPS) is 10.7. The number of nitrogens with two attached hydrogens (primary N) is 1. The molecule has 0 unspecified atom stereocenters. The number of esters is 1. The predicted molar refractivity (Wildman–Crippen MR) is 76.4 cm³/mol. The molecule has 1 rings (SSSR count). The van der Waals surface area contributed by atoms with E-state index in [0.717, 1.165) is 6.42 Å². The number of carbonyl (C=O) groups excluding carboxylic acids is 1. The van der Waals surface area contributed by atoms with Crippen LogP contribution in [0.2, 0.25) is 5.02 Å². The van der Waals surface area contributed by atoms with Crippen molar-refractivity contribution in [2.24, 2.45) is 5.92 Å². The maximum absolute atomic E-state index is 11.7. The van der Waals surface area contributed by atoms with Crippen molar-refractivity contribution < 1.29 is 14.3 Å². The Hall–Kier alpha value is -1.26. The highest BCUT2D eigenvalue weighted by Crippen LogP contribution is 2.17. The van der Waals surface area contributed by atoms with Gasteiger partial charge < -0.3 is 15.2 Å². The zero-order valence-electron chi connectivity index (χ0n) is 11.3. The fraction of sp³-hybridized carbons (Fsp3) is 0.500. The van der Waals surface area contributed by atoms with Crippen molar-refractivity contribution in [2.75, 3.05) is 25.6 Å². The molecule has 0 saturated carbocycles. The van der Waals surface area contributed by atoms with Crippen molar-refractivity contribution in [3.8, 4) is 0 Å². The van der Waals surface area contributed by atoms with Crippen LogP contribution in [0.4, 0.5) is 5.69 Å². The van der Waals surface area contributed by atoms with Gasteiger partial charge in [0.2, 0.25) is 0 Å². The van der Waals surface area contributed by atoms with Crippen LogP contribution in [0.3, 0.4) is 0 Å². The second-order valence-corrected chi connectivity index (χ2v) is 5.14. The molecule has 2 N–H and O–H groups in total. The lowest BCUT2D eigenvalue weighted by Gasteiger charge is -2.08. The molecule has 106 valence electrons. The van der Waals surface area contributed by atoms with Crippen LogP contribution in [0.5, 0.6) is 0 Å². The van der Waals surface area contributed by atoms with Crippen LogP contribution in [-0.2, 0) is 9.47 Å². The van der Waals surface area contributed by atoms with Crippen molar-refractivity contribution in [1.82, 2.24) is 0 Å². The Morgan fingerprint density at radius 1 is 1.26 bits per heavy atom. The quantitative estimate of drug-likeness (QED) is 0.475. The van der Waals surface area contributed by atoms with E-state index in [0.29, 0.717) is 35.4 Å². The van der Waals surface area contributed by atoms with Gasteiger partial charge in [0.15, 0.2) is 0 Å². The molecule has 4 nitrogen and oxygen atoms in total. The lowest BCUT2D eigenvalue weighted by Crippen LogP contribution is -2.12. The summed E-state index contributed by atoms with van der Waals surface area (Å²) in [7, 11) is 0. The minimum absolute atomic E-state index is 0.226. The predicted octanol–water partition coefficient (Wildman–Crippen LogP) is 3.14. The number of hydrogen-bond donors (Lipinski definition) is 1. The standard InChI is InChI=1S/C14H20ClNO3/c1-10(2)3-4-18-5-6-19-14(17)11-7-12(15)9-13(16)8-11/h7-10H,3-6,16H2,1-2H3. The minimum Gasteiger partial charge on any atom is -0.460 e. The Morgan fingerprint density at radius 2 is 2.00 bits per heavy atom. The summed E-state index contributed by atoms with van der Waals surface area (Å²) < 4.78 is 10.4. The smallest absolute Gasteiger partial charge is 0.338 e. The zero-order valence-corrected chi connectivity index (χ0v) is 12.1. The van der Waals surface area contributed by atoms with Gasteiger partial charge in [0, 0.05) is 17.3 Å². The average Bonchev–Trinajstić information content (AvgIpc) is 2.31. The van der Waals surface area contributed by atoms with Crippen molar-refractivity contribution in [3.63, 3.8) is 0 Å². The van der Waals surface area contributed by atoms with Crippen LogP contribution in [0.1, 0.15) is 30.6 Å². The summed E-state index contributed by atoms with van der Waals surface area (Å²) >= 11 is 5.81. The molecule has 19 heavy (non-hydrogen) atoms. The van der Waals surface area contributed by atoms with Gasteiger partial charge in [0.1, 0.15) is 6.61 Å². The monoisotopic (exact) mass is 285 g/mol. The SMILES string of the molecule is CC(C)CCOCCOC(=O)c1cc(N)cc(Cl)c1. The number of nitrogen functional groups attached to an aromatic ring is 1. The van der Waals surface area contributed by atoms with E-state index in [1.54, 1.807) is 6.07 Å². The zero-order chi connectivity index (χ0) is 14.3. The van der Waals surface area contributed by atoms with Crippen LogP contribution >= 0.6 is 11.6 Å². The Bertz CT molecular complexity index is 401. The van der Waals surface area contributed by atoms with Gasteiger partial charge in [-0.3, -0.25) is 0 Å². The van der Waals surface area contributed by atoms with Gasteiger partial charge in [-0.25, -0.2) is 4.79 Å². The topological polar surface area (TPSA) is 61.5 Å². The van der Waals surface area contributed by atoms with E-state index in [-0.39, 0.29) is 6.61 Å². The maximum atomic E-state index is 11.7. The van der Waals surface area contributed by atoms with E-state index in [1.807, 2.05) is 0 Å². The lowest BCUT2D eigenvalue weighted by atomic mass is 10.1. The van der Waals surface area contributed by atoms with Gasteiger partial charge >= 0.3 is 5.97 Å². The third-order valence-electron chi connectivity index (χ3n) is 2.46. The minimum atomic E-state index is -0.443. The number of hydrogen-bond acceptors (Lipinski definition) is 4. The molecule has 0 atom stereocenters. The highest BCUT2D eigenvalue weighted by atomic mass is 35.5. The molecule has 5 heteroatoms. The van der Waals surface area contributed by atoms with Crippen LogP contribution in [0.25, 0.3) is 0 Å². The Labute approximate surface area is 118 Å². The summed E-state index contributed by atoms with van der Waals surface area (Å²) in [5.74, 6) is 0.165. The summed E-state index contributed by atoms with van der Waals surface area (Å²) in [6.07, 6.45) is 0.999. The first-order chi connectivity index (χ1) is 8.99. The molecular weight excluding hydrogens is 266 g/mol. The lowest BCUT2D eigenvalue weighted by molar-refractivity contribution is 0.0303. The molecular formula is C14H20ClNO3. The van der Waals surface area contributed by atoms with Crippen molar-refractivity contribution in [1.29, 1.82) is 0 Å². The second-order valence-electron chi connectivity index (χ2n) is 4.70. The van der Waals surface area contributed by atoms with Gasteiger partial charge in [-0.15, -0.1) is 0 Å². The molecule has 0 fully saturated rings. The number of benzene rings is 1. The largest absolute Gasteiger partial charge is 0.460 e. The second kappa shape index (κ2) is 8.02. The Kier molecular flexibility index (Phi) is 6.67. The number of halogens is 1. The fourth-order valence-corrected chi connectivity index (χ4v) is 1.67. The van der Waals surface area contributed by atoms with E-state index in [4.69, 9.17) is 26.8 Å². The Balaban J connectivity index is 2.27. The molecule has 0 amide bonds. The molecule has 0 heterocycles. The van der Waals surface area contributed by atoms with Crippen LogP contribution in [0.15, 0.2) is 18.2 Å². The van der Waals surface area contributed by atoms with Crippen molar-refractivity contribution in [3.05, 3.63) is 28.8 Å². The summed E-state index contributed by atoms with van der Waals surface area (Å²) in [4.78, 5) is 11.7. The molecule has 0 aliphatic rings. The number of ether oxygens (including phenoxy) is 2. The molecule has 1 aromatic carbocycles. The van der Waals surface area contributed by atoms with Gasteiger partial charge in [0.05, 0.1) is 12.2 Å². The third-order valence-corrected chi connectivity index (χ3v) is 2.67. The summed E-state index contributed by atoms with van der Waals surface area (Å²) in [5, 5.41) is 0.417. The molecule has 0 radical (unpaired) electrons. The van der Waals surface area contributed by atoms with Crippen molar-refractivity contribution in [2.45, 2.75) is 20.3 Å². The van der Waals surface area contributed by atoms with Crippen molar-refractivity contribution >= 4 is 23.3 Å².